The SMILES string of the molecule is Cc1cccc2cc(C(C)(C)C)nn12. The first-order chi connectivity index (χ1) is 6.48. The Kier molecular flexibility index (Phi) is 1.88. The lowest BCUT2D eigenvalue weighted by molar-refractivity contribution is 0.562. The van der Waals surface area contributed by atoms with E-state index in [9.17, 15) is 0 Å². The van der Waals surface area contributed by atoms with Gasteiger partial charge in [-0.25, -0.2) is 4.52 Å². The van der Waals surface area contributed by atoms with E-state index in [1.807, 2.05) is 4.52 Å². The van der Waals surface area contributed by atoms with Crippen molar-refractivity contribution >= 4 is 5.52 Å². The lowest BCUT2D eigenvalue weighted by Crippen LogP contribution is -2.12. The fourth-order valence-corrected chi connectivity index (χ4v) is 1.52. The smallest absolute Gasteiger partial charge is 0.0688 e. The highest BCUT2D eigenvalue weighted by Gasteiger charge is 2.17. The number of rotatable bonds is 0. The number of pyridine rings is 1. The summed E-state index contributed by atoms with van der Waals surface area (Å²) < 4.78 is 2.00. The number of fused-ring (bicyclic) bond motifs is 1. The van der Waals surface area contributed by atoms with Crippen LogP contribution in [0.1, 0.15) is 32.2 Å². The highest BCUT2D eigenvalue weighted by molar-refractivity contribution is 5.49. The Bertz CT molecular complexity index is 461. The maximum absolute atomic E-state index is 4.60. The molecule has 0 aliphatic carbocycles. The second-order valence-corrected chi connectivity index (χ2v) is 4.78. The van der Waals surface area contributed by atoms with Crippen molar-refractivity contribution in [1.29, 1.82) is 0 Å². The maximum atomic E-state index is 4.60. The summed E-state index contributed by atoms with van der Waals surface area (Å²) in [5.41, 5.74) is 3.62. The summed E-state index contributed by atoms with van der Waals surface area (Å²) in [5.74, 6) is 0. The lowest BCUT2D eigenvalue weighted by atomic mass is 9.92. The molecule has 0 atom stereocenters. The summed E-state index contributed by atoms with van der Waals surface area (Å²) in [5, 5.41) is 4.60. The number of aryl methyl sites for hydroxylation is 1. The van der Waals surface area contributed by atoms with Gasteiger partial charge in [0.1, 0.15) is 0 Å². The third kappa shape index (κ3) is 1.41. The molecule has 0 unspecified atom stereocenters. The van der Waals surface area contributed by atoms with Crippen molar-refractivity contribution < 1.29 is 0 Å². The molecule has 2 aromatic rings. The summed E-state index contributed by atoms with van der Waals surface area (Å²) >= 11 is 0. The first-order valence-corrected chi connectivity index (χ1v) is 4.94. The predicted octanol–water partition coefficient (Wildman–Crippen LogP) is 2.94. The molecule has 14 heavy (non-hydrogen) atoms. The molecule has 0 bridgehead atoms. The highest BCUT2D eigenvalue weighted by atomic mass is 15.2. The Balaban J connectivity index is 2.69. The molecular weight excluding hydrogens is 172 g/mol. The number of nitrogens with zero attached hydrogens (tertiary/aromatic N) is 2. The van der Waals surface area contributed by atoms with Crippen LogP contribution in [-0.4, -0.2) is 9.61 Å². The van der Waals surface area contributed by atoms with Gasteiger partial charge in [-0.3, -0.25) is 0 Å². The van der Waals surface area contributed by atoms with Crippen LogP contribution in [0.5, 0.6) is 0 Å². The predicted molar refractivity (Wildman–Crippen MR) is 58.6 cm³/mol. The maximum Gasteiger partial charge on any atom is 0.0688 e. The Morgan fingerprint density at radius 1 is 1.21 bits per heavy atom. The monoisotopic (exact) mass is 188 g/mol. The molecule has 74 valence electrons. The van der Waals surface area contributed by atoms with Gasteiger partial charge >= 0.3 is 0 Å². The summed E-state index contributed by atoms with van der Waals surface area (Å²) in [4.78, 5) is 0. The molecule has 2 rings (SSSR count). The quantitative estimate of drug-likeness (QED) is 0.621. The van der Waals surface area contributed by atoms with Crippen LogP contribution in [0.3, 0.4) is 0 Å². The standard InChI is InChI=1S/C12H16N2/c1-9-6-5-7-10-8-11(12(2,3)4)13-14(9)10/h5-8H,1-4H3. The zero-order valence-electron chi connectivity index (χ0n) is 9.20. The first kappa shape index (κ1) is 9.25. The van der Waals surface area contributed by atoms with E-state index in [2.05, 4.69) is 57.1 Å². The summed E-state index contributed by atoms with van der Waals surface area (Å²) in [7, 11) is 0. The topological polar surface area (TPSA) is 17.3 Å². The normalized spacial score (nSPS) is 12.3. The fourth-order valence-electron chi connectivity index (χ4n) is 1.52. The molecule has 2 nitrogen and oxygen atoms in total. The zero-order valence-corrected chi connectivity index (χ0v) is 9.20. The van der Waals surface area contributed by atoms with Gasteiger partial charge in [-0.1, -0.05) is 26.8 Å². The van der Waals surface area contributed by atoms with Crippen LogP contribution in [0.4, 0.5) is 0 Å². The third-order valence-electron chi connectivity index (χ3n) is 2.44. The van der Waals surface area contributed by atoms with E-state index in [1.165, 1.54) is 11.2 Å². The van der Waals surface area contributed by atoms with Gasteiger partial charge in [0, 0.05) is 11.1 Å². The first-order valence-electron chi connectivity index (χ1n) is 4.94. The third-order valence-corrected chi connectivity index (χ3v) is 2.44. The van der Waals surface area contributed by atoms with E-state index in [4.69, 9.17) is 0 Å². The molecule has 0 aromatic carbocycles. The lowest BCUT2D eigenvalue weighted by Gasteiger charge is -2.13. The molecule has 2 heterocycles. The van der Waals surface area contributed by atoms with E-state index in [-0.39, 0.29) is 5.41 Å². The second-order valence-electron chi connectivity index (χ2n) is 4.78. The van der Waals surface area contributed by atoms with Gasteiger partial charge in [-0.05, 0) is 25.1 Å². The number of hydrogen-bond donors (Lipinski definition) is 0. The Labute approximate surface area is 84.6 Å². The van der Waals surface area contributed by atoms with Gasteiger partial charge in [0.25, 0.3) is 0 Å². The average Bonchev–Trinajstić information content (AvgIpc) is 2.48. The fraction of sp³-hybridized carbons (Fsp3) is 0.417. The molecule has 0 aliphatic heterocycles. The number of aromatic nitrogens is 2. The Hall–Kier alpha value is -1.31. The summed E-state index contributed by atoms with van der Waals surface area (Å²) in [6.07, 6.45) is 0. The second kappa shape index (κ2) is 2.84. The molecule has 0 spiro atoms. The van der Waals surface area contributed by atoms with Crippen molar-refractivity contribution in [3.05, 3.63) is 35.7 Å². The Morgan fingerprint density at radius 2 is 1.93 bits per heavy atom. The van der Waals surface area contributed by atoms with E-state index in [1.54, 1.807) is 0 Å². The molecular formula is C12H16N2. The van der Waals surface area contributed by atoms with Gasteiger partial charge in [-0.2, -0.15) is 5.10 Å². The van der Waals surface area contributed by atoms with Crippen LogP contribution in [0.2, 0.25) is 0 Å². The van der Waals surface area contributed by atoms with Crippen LogP contribution in [0.25, 0.3) is 5.52 Å². The summed E-state index contributed by atoms with van der Waals surface area (Å²) in [6, 6.07) is 8.40. The molecule has 0 amide bonds. The van der Waals surface area contributed by atoms with Gasteiger partial charge in [0.2, 0.25) is 0 Å². The molecule has 0 aliphatic rings. The molecule has 0 N–H and O–H groups in total. The van der Waals surface area contributed by atoms with Crippen molar-refractivity contribution in [1.82, 2.24) is 9.61 Å². The van der Waals surface area contributed by atoms with Gasteiger partial charge < -0.3 is 0 Å². The van der Waals surface area contributed by atoms with E-state index >= 15 is 0 Å². The molecule has 2 heteroatoms. The van der Waals surface area contributed by atoms with Gasteiger partial charge in [0.15, 0.2) is 0 Å². The Morgan fingerprint density at radius 3 is 2.50 bits per heavy atom. The van der Waals surface area contributed by atoms with E-state index in [0.29, 0.717) is 0 Å². The van der Waals surface area contributed by atoms with Crippen molar-refractivity contribution in [2.24, 2.45) is 0 Å². The minimum absolute atomic E-state index is 0.123. The van der Waals surface area contributed by atoms with Gasteiger partial charge in [-0.15, -0.1) is 0 Å². The van der Waals surface area contributed by atoms with Gasteiger partial charge in [0.05, 0.1) is 11.2 Å². The molecule has 2 aromatic heterocycles. The highest BCUT2D eigenvalue weighted by Crippen LogP contribution is 2.22. The van der Waals surface area contributed by atoms with Crippen molar-refractivity contribution in [3.8, 4) is 0 Å². The van der Waals surface area contributed by atoms with Crippen LogP contribution >= 0.6 is 0 Å². The minimum atomic E-state index is 0.123. The van der Waals surface area contributed by atoms with Crippen LogP contribution in [0, 0.1) is 6.92 Å². The largest absolute Gasteiger partial charge is 0.238 e. The van der Waals surface area contributed by atoms with Crippen LogP contribution in [-0.2, 0) is 5.41 Å². The van der Waals surface area contributed by atoms with Crippen molar-refractivity contribution in [3.63, 3.8) is 0 Å². The zero-order chi connectivity index (χ0) is 10.3. The van der Waals surface area contributed by atoms with E-state index in [0.717, 1.165) is 5.69 Å². The molecule has 0 fully saturated rings. The minimum Gasteiger partial charge on any atom is -0.238 e. The van der Waals surface area contributed by atoms with E-state index < -0.39 is 0 Å². The van der Waals surface area contributed by atoms with Crippen LogP contribution in [0.15, 0.2) is 24.3 Å². The summed E-state index contributed by atoms with van der Waals surface area (Å²) in [6.45, 7) is 8.63. The van der Waals surface area contributed by atoms with Crippen molar-refractivity contribution in [2.75, 3.05) is 0 Å². The molecule has 0 saturated heterocycles. The number of hydrogen-bond acceptors (Lipinski definition) is 1. The molecule has 0 saturated carbocycles. The molecule has 0 radical (unpaired) electrons. The van der Waals surface area contributed by atoms with Crippen LogP contribution < -0.4 is 0 Å². The average molecular weight is 188 g/mol. The van der Waals surface area contributed by atoms with Crippen molar-refractivity contribution in [2.45, 2.75) is 33.1 Å².